The maximum atomic E-state index is 4.31. The molecule has 0 fully saturated rings. The van der Waals surface area contributed by atoms with E-state index in [0.717, 1.165) is 6.54 Å². The number of benzene rings is 1. The van der Waals surface area contributed by atoms with Gasteiger partial charge in [0.15, 0.2) is 0 Å². The number of rotatable bonds is 5. The Balaban J connectivity index is 2.19. The van der Waals surface area contributed by atoms with Crippen LogP contribution in [0.25, 0.3) is 0 Å². The Bertz CT molecular complexity index is 514. The average molecular weight is 257 g/mol. The van der Waals surface area contributed by atoms with Gasteiger partial charge in [0, 0.05) is 12.7 Å². The Morgan fingerprint density at radius 2 is 1.95 bits per heavy atom. The van der Waals surface area contributed by atoms with E-state index in [1.807, 2.05) is 19.6 Å². The van der Waals surface area contributed by atoms with Gasteiger partial charge in [0.1, 0.15) is 0 Å². The third-order valence-corrected chi connectivity index (χ3v) is 3.82. The van der Waals surface area contributed by atoms with Gasteiger partial charge in [0.25, 0.3) is 0 Å². The smallest absolute Gasteiger partial charge is 0.0948 e. The Kier molecular flexibility index (Phi) is 4.05. The third kappa shape index (κ3) is 3.04. The zero-order valence-corrected chi connectivity index (χ0v) is 12.2. The number of nitrogens with zero attached hydrogens (tertiary/aromatic N) is 2. The van der Waals surface area contributed by atoms with E-state index in [0.29, 0.717) is 5.92 Å². The van der Waals surface area contributed by atoms with Crippen LogP contribution in [0.1, 0.15) is 37.9 Å². The maximum absolute atomic E-state index is 4.31. The Labute approximate surface area is 115 Å². The molecule has 0 bridgehead atoms. The number of hydrogen-bond donors (Lipinski definition) is 1. The second-order valence-corrected chi connectivity index (χ2v) is 5.62. The van der Waals surface area contributed by atoms with Crippen molar-refractivity contribution in [2.75, 3.05) is 7.05 Å². The lowest BCUT2D eigenvalue weighted by atomic mass is 9.99. The number of aromatic nitrogens is 2. The van der Waals surface area contributed by atoms with Gasteiger partial charge in [-0.15, -0.1) is 0 Å². The third-order valence-electron chi connectivity index (χ3n) is 3.82. The van der Waals surface area contributed by atoms with Crippen LogP contribution in [0.2, 0.25) is 0 Å². The van der Waals surface area contributed by atoms with Gasteiger partial charge < -0.3 is 9.88 Å². The summed E-state index contributed by atoms with van der Waals surface area (Å²) in [7, 11) is 1.98. The van der Waals surface area contributed by atoms with Crippen LogP contribution in [0.15, 0.2) is 42.9 Å². The fraction of sp³-hybridized carbons (Fsp3) is 0.438. The lowest BCUT2D eigenvalue weighted by molar-refractivity contribution is 0.402. The van der Waals surface area contributed by atoms with Gasteiger partial charge in [0.2, 0.25) is 0 Å². The second kappa shape index (κ2) is 5.57. The van der Waals surface area contributed by atoms with E-state index in [-0.39, 0.29) is 5.54 Å². The van der Waals surface area contributed by atoms with Crippen molar-refractivity contribution < 1.29 is 0 Å². The summed E-state index contributed by atoms with van der Waals surface area (Å²) in [5, 5.41) is 3.34. The van der Waals surface area contributed by atoms with Crippen molar-refractivity contribution in [3.05, 3.63) is 54.1 Å². The molecule has 3 heteroatoms. The van der Waals surface area contributed by atoms with Crippen molar-refractivity contribution in [2.45, 2.75) is 38.8 Å². The zero-order valence-electron chi connectivity index (χ0n) is 12.2. The summed E-state index contributed by atoms with van der Waals surface area (Å²) in [6.45, 7) is 7.55. The molecule has 0 aliphatic rings. The lowest BCUT2D eigenvalue weighted by Crippen LogP contribution is -2.35. The maximum Gasteiger partial charge on any atom is 0.0948 e. The minimum Gasteiger partial charge on any atom is -0.332 e. The molecule has 1 unspecified atom stereocenters. The highest BCUT2D eigenvalue weighted by Gasteiger charge is 2.22. The first kappa shape index (κ1) is 13.8. The molecule has 2 rings (SSSR count). The molecule has 3 nitrogen and oxygen atoms in total. The number of nitrogens with one attached hydrogen (secondary N) is 1. The summed E-state index contributed by atoms with van der Waals surface area (Å²) >= 11 is 0. The molecule has 2 aromatic rings. The number of imidazole rings is 1. The summed E-state index contributed by atoms with van der Waals surface area (Å²) in [5.74, 6) is 0.474. The van der Waals surface area contributed by atoms with E-state index in [2.05, 4.69) is 66.0 Å². The zero-order chi connectivity index (χ0) is 13.9. The quantitative estimate of drug-likeness (QED) is 0.891. The Morgan fingerprint density at radius 1 is 1.26 bits per heavy atom. The van der Waals surface area contributed by atoms with Crippen molar-refractivity contribution in [3.8, 4) is 0 Å². The van der Waals surface area contributed by atoms with Crippen molar-refractivity contribution in [3.63, 3.8) is 0 Å². The lowest BCUT2D eigenvalue weighted by Gasteiger charge is -2.26. The van der Waals surface area contributed by atoms with Gasteiger partial charge in [-0.3, -0.25) is 0 Å². The van der Waals surface area contributed by atoms with Crippen LogP contribution in [0, 0.1) is 0 Å². The van der Waals surface area contributed by atoms with Crippen LogP contribution in [-0.2, 0) is 12.1 Å². The van der Waals surface area contributed by atoms with Crippen LogP contribution in [-0.4, -0.2) is 16.6 Å². The normalized spacial score (nSPS) is 13.5. The fourth-order valence-electron chi connectivity index (χ4n) is 2.30. The van der Waals surface area contributed by atoms with E-state index in [4.69, 9.17) is 0 Å². The largest absolute Gasteiger partial charge is 0.332 e. The molecule has 1 aromatic carbocycles. The van der Waals surface area contributed by atoms with E-state index in [1.165, 1.54) is 11.3 Å². The first-order valence-corrected chi connectivity index (χ1v) is 6.79. The van der Waals surface area contributed by atoms with Gasteiger partial charge >= 0.3 is 0 Å². The molecule has 1 aromatic heterocycles. The van der Waals surface area contributed by atoms with Gasteiger partial charge in [-0.1, -0.05) is 37.3 Å². The van der Waals surface area contributed by atoms with Crippen molar-refractivity contribution in [2.24, 2.45) is 0 Å². The molecule has 0 aliphatic carbocycles. The number of hydrogen-bond acceptors (Lipinski definition) is 2. The van der Waals surface area contributed by atoms with Crippen molar-refractivity contribution in [1.82, 2.24) is 14.9 Å². The van der Waals surface area contributed by atoms with Crippen LogP contribution < -0.4 is 5.32 Å². The van der Waals surface area contributed by atoms with Gasteiger partial charge in [-0.05, 0) is 32.4 Å². The SMILES string of the molecule is CNC(C)(C)c1cncn1CC(C)c1ccccc1. The van der Waals surface area contributed by atoms with Crippen molar-refractivity contribution in [1.29, 1.82) is 0 Å². The fourth-order valence-corrected chi connectivity index (χ4v) is 2.30. The highest BCUT2D eigenvalue weighted by molar-refractivity contribution is 5.19. The van der Waals surface area contributed by atoms with Gasteiger partial charge in [0.05, 0.1) is 17.6 Å². The molecule has 1 N–H and O–H groups in total. The minimum atomic E-state index is -0.0626. The molecule has 19 heavy (non-hydrogen) atoms. The first-order chi connectivity index (χ1) is 9.04. The summed E-state index contributed by atoms with van der Waals surface area (Å²) in [4.78, 5) is 4.31. The highest BCUT2D eigenvalue weighted by atomic mass is 15.1. The average Bonchev–Trinajstić information content (AvgIpc) is 2.88. The van der Waals surface area contributed by atoms with Crippen molar-refractivity contribution >= 4 is 0 Å². The second-order valence-electron chi connectivity index (χ2n) is 5.62. The summed E-state index contributed by atoms with van der Waals surface area (Å²) in [5.41, 5.74) is 2.52. The highest BCUT2D eigenvalue weighted by Crippen LogP contribution is 2.23. The predicted molar refractivity (Wildman–Crippen MR) is 79.2 cm³/mol. The summed E-state index contributed by atoms with van der Waals surface area (Å²) in [6, 6.07) is 10.6. The van der Waals surface area contributed by atoms with Crippen LogP contribution in [0.4, 0.5) is 0 Å². The van der Waals surface area contributed by atoms with Gasteiger partial charge in [-0.25, -0.2) is 4.98 Å². The Morgan fingerprint density at radius 3 is 2.58 bits per heavy atom. The van der Waals surface area contributed by atoms with Crippen LogP contribution in [0.5, 0.6) is 0 Å². The molecule has 0 saturated carbocycles. The standard InChI is InChI=1S/C16H23N3/c1-13(14-8-6-5-7-9-14)11-19-12-18-10-15(19)16(2,3)17-4/h5-10,12-13,17H,11H2,1-4H3. The molecule has 0 spiro atoms. The van der Waals surface area contributed by atoms with Crippen LogP contribution >= 0.6 is 0 Å². The predicted octanol–water partition coefficient (Wildman–Crippen LogP) is 3.14. The first-order valence-electron chi connectivity index (χ1n) is 6.79. The molecule has 0 aliphatic heterocycles. The topological polar surface area (TPSA) is 29.9 Å². The van der Waals surface area contributed by atoms with Crippen LogP contribution in [0.3, 0.4) is 0 Å². The van der Waals surface area contributed by atoms with E-state index < -0.39 is 0 Å². The summed E-state index contributed by atoms with van der Waals surface area (Å²) in [6.07, 6.45) is 3.88. The van der Waals surface area contributed by atoms with E-state index in [9.17, 15) is 0 Å². The van der Waals surface area contributed by atoms with E-state index >= 15 is 0 Å². The minimum absolute atomic E-state index is 0.0626. The van der Waals surface area contributed by atoms with Gasteiger partial charge in [-0.2, -0.15) is 0 Å². The Hall–Kier alpha value is -1.61. The molecular formula is C16H23N3. The summed E-state index contributed by atoms with van der Waals surface area (Å²) < 4.78 is 2.24. The molecule has 1 heterocycles. The molecule has 1 atom stereocenters. The molecule has 0 saturated heterocycles. The molecule has 102 valence electrons. The monoisotopic (exact) mass is 257 g/mol. The molecular weight excluding hydrogens is 234 g/mol. The van der Waals surface area contributed by atoms with E-state index in [1.54, 1.807) is 0 Å². The molecule has 0 amide bonds. The molecule has 0 radical (unpaired) electrons.